The molecule has 0 bridgehead atoms. The molecule has 0 aliphatic heterocycles. The van der Waals surface area contributed by atoms with Gasteiger partial charge in [0.2, 0.25) is 0 Å². The minimum Gasteiger partial charge on any atom is -0.295 e. The summed E-state index contributed by atoms with van der Waals surface area (Å²) in [6.07, 6.45) is 4.08. The van der Waals surface area contributed by atoms with Crippen molar-refractivity contribution in [3.8, 4) is 0 Å². The van der Waals surface area contributed by atoms with Gasteiger partial charge in [-0.05, 0) is 24.1 Å². The number of rotatable bonds is 2. The molecule has 0 saturated carbocycles. The van der Waals surface area contributed by atoms with Crippen molar-refractivity contribution in [1.29, 1.82) is 0 Å². The lowest BCUT2D eigenvalue weighted by Gasteiger charge is -1.97. The van der Waals surface area contributed by atoms with Crippen LogP contribution in [0.5, 0.6) is 0 Å². The number of ketones is 1. The van der Waals surface area contributed by atoms with Crippen molar-refractivity contribution in [1.82, 2.24) is 0 Å². The van der Waals surface area contributed by atoms with Gasteiger partial charge in [0.05, 0.1) is 0 Å². The molecule has 1 nitrogen and oxygen atoms in total. The van der Waals surface area contributed by atoms with Gasteiger partial charge in [-0.15, -0.1) is 0 Å². The highest BCUT2D eigenvalue weighted by Crippen LogP contribution is 2.29. The SMILES string of the molecule is CC(=O)c1cccc(C2=C[CH]2)c1. The summed E-state index contributed by atoms with van der Waals surface area (Å²) >= 11 is 0. The first-order valence-electron chi connectivity index (χ1n) is 3.94. The third-order valence-electron chi connectivity index (χ3n) is 1.94. The number of Topliss-reactive ketones (excluding diaryl/α,β-unsaturated/α-hetero) is 1. The highest BCUT2D eigenvalue weighted by Gasteiger charge is 2.11. The van der Waals surface area contributed by atoms with E-state index in [1.54, 1.807) is 6.92 Å². The van der Waals surface area contributed by atoms with Gasteiger partial charge in [0.1, 0.15) is 0 Å². The molecule has 0 saturated heterocycles. The van der Waals surface area contributed by atoms with E-state index in [-0.39, 0.29) is 5.78 Å². The third kappa shape index (κ3) is 1.30. The van der Waals surface area contributed by atoms with Crippen molar-refractivity contribution in [2.75, 3.05) is 0 Å². The zero-order chi connectivity index (χ0) is 8.55. The fourth-order valence-electron chi connectivity index (χ4n) is 1.15. The summed E-state index contributed by atoms with van der Waals surface area (Å²) < 4.78 is 0. The summed E-state index contributed by atoms with van der Waals surface area (Å²) in [4.78, 5) is 11.0. The first kappa shape index (κ1) is 7.29. The van der Waals surface area contributed by atoms with Crippen molar-refractivity contribution >= 4 is 11.4 Å². The van der Waals surface area contributed by atoms with Crippen LogP contribution in [0.4, 0.5) is 0 Å². The van der Waals surface area contributed by atoms with Crippen molar-refractivity contribution in [3.63, 3.8) is 0 Å². The van der Waals surface area contributed by atoms with Gasteiger partial charge in [0.15, 0.2) is 5.78 Å². The Hall–Kier alpha value is -1.37. The Morgan fingerprint density at radius 2 is 2.08 bits per heavy atom. The minimum absolute atomic E-state index is 0.123. The second kappa shape index (κ2) is 2.59. The Balaban J connectivity index is 2.39. The molecular formula is C11H9O. The fraction of sp³-hybridized carbons (Fsp3) is 0.0909. The van der Waals surface area contributed by atoms with E-state index in [9.17, 15) is 4.79 Å². The Kier molecular flexibility index (Phi) is 1.58. The number of benzene rings is 1. The molecule has 1 aliphatic rings. The molecule has 0 amide bonds. The van der Waals surface area contributed by atoms with Crippen LogP contribution in [0.25, 0.3) is 5.57 Å². The molecule has 0 heterocycles. The van der Waals surface area contributed by atoms with Crippen molar-refractivity contribution in [2.24, 2.45) is 0 Å². The second-order valence-corrected chi connectivity index (χ2v) is 2.93. The summed E-state index contributed by atoms with van der Waals surface area (Å²) in [5.74, 6) is 0.123. The summed E-state index contributed by atoms with van der Waals surface area (Å²) in [7, 11) is 0. The van der Waals surface area contributed by atoms with Crippen LogP contribution < -0.4 is 0 Å². The molecule has 0 fully saturated rings. The molecule has 0 N–H and O–H groups in total. The summed E-state index contributed by atoms with van der Waals surface area (Å²) in [5.41, 5.74) is 3.16. The van der Waals surface area contributed by atoms with Crippen LogP contribution in [-0.2, 0) is 0 Å². The van der Waals surface area contributed by atoms with E-state index in [1.165, 1.54) is 5.57 Å². The zero-order valence-corrected chi connectivity index (χ0v) is 6.87. The normalized spacial score (nSPS) is 13.9. The minimum atomic E-state index is 0.123. The largest absolute Gasteiger partial charge is 0.295 e. The maximum atomic E-state index is 11.0. The number of hydrogen-bond donors (Lipinski definition) is 0. The molecule has 0 spiro atoms. The molecule has 1 aliphatic carbocycles. The van der Waals surface area contributed by atoms with Crippen molar-refractivity contribution in [2.45, 2.75) is 6.92 Å². The molecule has 0 aromatic heterocycles. The maximum Gasteiger partial charge on any atom is 0.159 e. The molecule has 1 aromatic carbocycles. The maximum absolute atomic E-state index is 11.0. The van der Waals surface area contributed by atoms with E-state index in [4.69, 9.17) is 0 Å². The Morgan fingerprint density at radius 1 is 1.33 bits per heavy atom. The van der Waals surface area contributed by atoms with Gasteiger partial charge in [0.25, 0.3) is 0 Å². The van der Waals surface area contributed by atoms with Crippen LogP contribution in [0.3, 0.4) is 0 Å². The molecule has 12 heavy (non-hydrogen) atoms. The smallest absolute Gasteiger partial charge is 0.159 e. The summed E-state index contributed by atoms with van der Waals surface area (Å²) in [6, 6.07) is 7.70. The lowest BCUT2D eigenvalue weighted by Crippen LogP contribution is -1.91. The van der Waals surface area contributed by atoms with Crippen LogP contribution >= 0.6 is 0 Å². The molecule has 1 radical (unpaired) electrons. The average Bonchev–Trinajstić information content (AvgIpc) is 2.87. The van der Waals surface area contributed by atoms with Crippen LogP contribution in [0, 0.1) is 6.42 Å². The van der Waals surface area contributed by atoms with Crippen LogP contribution in [0.2, 0.25) is 0 Å². The van der Waals surface area contributed by atoms with Crippen LogP contribution in [-0.4, -0.2) is 5.78 Å². The second-order valence-electron chi connectivity index (χ2n) is 2.93. The summed E-state index contributed by atoms with van der Waals surface area (Å²) in [6.45, 7) is 1.59. The highest BCUT2D eigenvalue weighted by atomic mass is 16.1. The van der Waals surface area contributed by atoms with Gasteiger partial charge < -0.3 is 0 Å². The monoisotopic (exact) mass is 157 g/mol. The molecule has 1 heteroatoms. The average molecular weight is 157 g/mol. The number of hydrogen-bond acceptors (Lipinski definition) is 1. The lowest BCUT2D eigenvalue weighted by molar-refractivity contribution is 0.101. The quantitative estimate of drug-likeness (QED) is 0.603. The van der Waals surface area contributed by atoms with Gasteiger partial charge in [0, 0.05) is 12.0 Å². The topological polar surface area (TPSA) is 17.1 Å². The van der Waals surface area contributed by atoms with Gasteiger partial charge in [-0.1, -0.05) is 24.3 Å². The third-order valence-corrected chi connectivity index (χ3v) is 1.94. The molecule has 2 rings (SSSR count). The Bertz CT molecular complexity index is 344. The molecule has 0 unspecified atom stereocenters. The van der Waals surface area contributed by atoms with E-state index in [2.05, 4.69) is 0 Å². The number of allylic oxidation sites excluding steroid dienone is 2. The first-order chi connectivity index (χ1) is 5.77. The van der Waals surface area contributed by atoms with E-state index in [1.807, 2.05) is 36.8 Å². The Morgan fingerprint density at radius 3 is 2.67 bits per heavy atom. The van der Waals surface area contributed by atoms with Gasteiger partial charge >= 0.3 is 0 Å². The molecule has 59 valence electrons. The van der Waals surface area contributed by atoms with Gasteiger partial charge in [-0.25, -0.2) is 0 Å². The zero-order valence-electron chi connectivity index (χ0n) is 6.87. The van der Waals surface area contributed by atoms with Gasteiger partial charge in [-0.3, -0.25) is 4.79 Å². The van der Waals surface area contributed by atoms with E-state index in [0.29, 0.717) is 0 Å². The Labute approximate surface area is 71.7 Å². The van der Waals surface area contributed by atoms with Crippen LogP contribution in [0.15, 0.2) is 30.3 Å². The van der Waals surface area contributed by atoms with E-state index >= 15 is 0 Å². The fourth-order valence-corrected chi connectivity index (χ4v) is 1.15. The first-order valence-corrected chi connectivity index (χ1v) is 3.94. The number of carbonyl (C=O) groups excluding carboxylic acids is 1. The highest BCUT2D eigenvalue weighted by molar-refractivity contribution is 5.96. The predicted molar refractivity (Wildman–Crippen MR) is 48.7 cm³/mol. The van der Waals surface area contributed by atoms with E-state index < -0.39 is 0 Å². The van der Waals surface area contributed by atoms with Crippen LogP contribution in [0.1, 0.15) is 22.8 Å². The van der Waals surface area contributed by atoms with Crippen molar-refractivity contribution in [3.05, 3.63) is 47.9 Å². The summed E-state index contributed by atoms with van der Waals surface area (Å²) in [5, 5.41) is 0. The number of carbonyl (C=O) groups is 1. The molecule has 0 atom stereocenters. The molecule has 1 aromatic rings. The predicted octanol–water partition coefficient (Wildman–Crippen LogP) is 2.49. The standard InChI is InChI=1S/C11H9O/c1-8(12)10-3-2-4-11(7-10)9-5-6-9/h2-7H,1H3. The lowest BCUT2D eigenvalue weighted by atomic mass is 10.1. The molecular weight excluding hydrogens is 148 g/mol. The van der Waals surface area contributed by atoms with E-state index in [0.717, 1.165) is 11.1 Å². The van der Waals surface area contributed by atoms with Gasteiger partial charge in [-0.2, -0.15) is 0 Å². The van der Waals surface area contributed by atoms with Crippen molar-refractivity contribution < 1.29 is 4.79 Å².